The Morgan fingerprint density at radius 1 is 1.24 bits per heavy atom. The Morgan fingerprint density at radius 3 is 2.43 bits per heavy atom. The zero-order valence-electron chi connectivity index (χ0n) is 23.2. The molecule has 0 radical (unpaired) electrons. The zero-order chi connectivity index (χ0) is 28.9. The van der Waals surface area contributed by atoms with Crippen LogP contribution in [0.4, 0.5) is 9.18 Å². The number of hydrogen-bond donors (Lipinski definition) is 5. The summed E-state index contributed by atoms with van der Waals surface area (Å²) in [6.45, 7) is 14.2. The minimum atomic E-state index is -0.782. The minimum absolute atomic E-state index is 0.225. The molecule has 0 aliphatic rings. The summed E-state index contributed by atoms with van der Waals surface area (Å²) in [5.74, 6) is -1.40. The number of aromatic hydroxyl groups is 1. The highest BCUT2D eigenvalue weighted by atomic mass is 19.1. The molecule has 1 unspecified atom stereocenters. The smallest absolute Gasteiger partial charge is 0.407 e. The molecule has 0 bridgehead atoms. The predicted molar refractivity (Wildman–Crippen MR) is 143 cm³/mol. The van der Waals surface area contributed by atoms with Crippen molar-refractivity contribution in [3.05, 3.63) is 46.4 Å². The van der Waals surface area contributed by atoms with E-state index in [1.54, 1.807) is 13.0 Å². The first kappa shape index (κ1) is 35.9. The molecule has 0 aromatic carbocycles. The van der Waals surface area contributed by atoms with E-state index in [2.05, 4.69) is 27.5 Å². The second-order valence-electron chi connectivity index (χ2n) is 8.58. The first-order valence-electron chi connectivity index (χ1n) is 12.6. The van der Waals surface area contributed by atoms with E-state index in [0.717, 1.165) is 25.6 Å². The maximum atomic E-state index is 12.7. The first-order chi connectivity index (χ1) is 17.4. The topological polar surface area (TPSA) is 154 Å². The number of hydrogen-bond acceptors (Lipinski definition) is 7. The third-order valence-electron chi connectivity index (χ3n) is 4.49. The van der Waals surface area contributed by atoms with E-state index in [0.29, 0.717) is 18.9 Å². The van der Waals surface area contributed by atoms with Crippen molar-refractivity contribution in [3.63, 3.8) is 0 Å². The highest BCUT2D eigenvalue weighted by Gasteiger charge is 2.16. The summed E-state index contributed by atoms with van der Waals surface area (Å²) in [6, 6.07) is 0. The van der Waals surface area contributed by atoms with Crippen LogP contribution >= 0.6 is 0 Å². The number of aromatic amines is 1. The van der Waals surface area contributed by atoms with Crippen LogP contribution in [0.25, 0.3) is 0 Å². The van der Waals surface area contributed by atoms with Gasteiger partial charge >= 0.3 is 6.09 Å². The lowest BCUT2D eigenvalue weighted by molar-refractivity contribution is 0.0525. The summed E-state index contributed by atoms with van der Waals surface area (Å²) in [4.78, 5) is 39.6. The quantitative estimate of drug-likeness (QED) is 0.211. The molecule has 0 aliphatic carbocycles. The molecule has 0 aliphatic heterocycles. The number of allylic oxidation sites excluding steroid dienone is 3. The fraction of sp³-hybridized carbons (Fsp3) is 0.615. The molecular formula is C26H45FN4O6. The molecular weight excluding hydrogens is 483 g/mol. The molecule has 0 spiro atoms. The lowest BCUT2D eigenvalue weighted by Crippen LogP contribution is -2.33. The van der Waals surface area contributed by atoms with Crippen molar-refractivity contribution in [1.82, 2.24) is 20.6 Å². The van der Waals surface area contributed by atoms with Crippen molar-refractivity contribution in [2.75, 3.05) is 19.7 Å². The molecule has 2 amide bonds. The van der Waals surface area contributed by atoms with Crippen LogP contribution in [-0.2, 0) is 4.74 Å². The first-order valence-corrected chi connectivity index (χ1v) is 12.6. The molecule has 1 aromatic heterocycles. The van der Waals surface area contributed by atoms with Crippen LogP contribution in [0.2, 0.25) is 0 Å². The molecule has 37 heavy (non-hydrogen) atoms. The van der Waals surface area contributed by atoms with Gasteiger partial charge in [0.25, 0.3) is 11.5 Å². The molecule has 10 nitrogen and oxygen atoms in total. The molecule has 1 aromatic rings. The van der Waals surface area contributed by atoms with Crippen molar-refractivity contribution in [2.24, 2.45) is 5.92 Å². The average molecular weight is 529 g/mol. The number of ether oxygens (including phenoxy) is 1. The summed E-state index contributed by atoms with van der Waals surface area (Å²) >= 11 is 0. The Kier molecular flexibility index (Phi) is 20.3. The molecule has 1 rings (SSSR count). The molecule has 1 heterocycles. The molecule has 0 saturated heterocycles. The Bertz CT molecular complexity index is 890. The van der Waals surface area contributed by atoms with Gasteiger partial charge in [-0.15, -0.1) is 0 Å². The van der Waals surface area contributed by atoms with Gasteiger partial charge in [-0.05, 0) is 59.0 Å². The number of carbonyl (C=O) groups is 2. The number of alkyl carbamates (subject to hydrolysis) is 1. The van der Waals surface area contributed by atoms with Gasteiger partial charge in [-0.3, -0.25) is 9.59 Å². The van der Waals surface area contributed by atoms with Gasteiger partial charge in [0, 0.05) is 19.7 Å². The summed E-state index contributed by atoms with van der Waals surface area (Å²) in [6.07, 6.45) is 8.01. The molecule has 1 atom stereocenters. The number of aliphatic hydroxyl groups is 1. The zero-order valence-corrected chi connectivity index (χ0v) is 23.2. The van der Waals surface area contributed by atoms with E-state index in [4.69, 9.17) is 9.84 Å². The van der Waals surface area contributed by atoms with Crippen LogP contribution in [0, 0.1) is 5.92 Å². The Balaban J connectivity index is 0. The van der Waals surface area contributed by atoms with Crippen molar-refractivity contribution >= 4 is 12.0 Å². The van der Waals surface area contributed by atoms with Crippen LogP contribution in [0.3, 0.4) is 0 Å². The maximum Gasteiger partial charge on any atom is 0.407 e. The minimum Gasteiger partial charge on any atom is -0.501 e. The second-order valence-corrected chi connectivity index (χ2v) is 8.58. The highest BCUT2D eigenvalue weighted by Crippen LogP contribution is 2.10. The molecule has 0 fully saturated rings. The van der Waals surface area contributed by atoms with Crippen LogP contribution in [-0.4, -0.2) is 57.5 Å². The SMILES string of the molecule is C/C=C(F)\C=C/CCNC(=O)c1nc[nH]c(=O)c1O.CC.CCC(CO)CCCNC(=O)OC(C)(C)C. The van der Waals surface area contributed by atoms with Crippen molar-refractivity contribution in [2.45, 2.75) is 79.8 Å². The van der Waals surface area contributed by atoms with Gasteiger partial charge in [-0.2, -0.15) is 0 Å². The summed E-state index contributed by atoms with van der Waals surface area (Å²) < 4.78 is 17.8. The lowest BCUT2D eigenvalue weighted by atomic mass is 10.0. The third-order valence-corrected chi connectivity index (χ3v) is 4.49. The van der Waals surface area contributed by atoms with E-state index in [1.165, 1.54) is 12.2 Å². The van der Waals surface area contributed by atoms with Crippen molar-refractivity contribution in [3.8, 4) is 5.75 Å². The lowest BCUT2D eigenvalue weighted by Gasteiger charge is -2.19. The van der Waals surface area contributed by atoms with Gasteiger partial charge in [0.2, 0.25) is 5.75 Å². The van der Waals surface area contributed by atoms with E-state index < -0.39 is 22.8 Å². The normalized spacial score (nSPS) is 12.0. The van der Waals surface area contributed by atoms with E-state index in [9.17, 15) is 23.9 Å². The Labute approximate surface area is 219 Å². The summed E-state index contributed by atoms with van der Waals surface area (Å²) in [7, 11) is 0. The van der Waals surface area contributed by atoms with E-state index in [1.807, 2.05) is 34.6 Å². The monoisotopic (exact) mass is 528 g/mol. The Hall–Kier alpha value is -3.21. The molecule has 5 N–H and O–H groups in total. The van der Waals surface area contributed by atoms with Gasteiger partial charge < -0.3 is 30.6 Å². The van der Waals surface area contributed by atoms with Crippen LogP contribution in [0.5, 0.6) is 5.75 Å². The number of amides is 2. The second kappa shape index (κ2) is 20.9. The molecule has 11 heteroatoms. The number of aromatic nitrogens is 2. The maximum absolute atomic E-state index is 12.7. The highest BCUT2D eigenvalue weighted by molar-refractivity contribution is 5.94. The van der Waals surface area contributed by atoms with Gasteiger partial charge in [0.15, 0.2) is 5.69 Å². The predicted octanol–water partition coefficient (Wildman–Crippen LogP) is 4.36. The molecule has 212 valence electrons. The third kappa shape index (κ3) is 18.7. The number of nitrogens with one attached hydrogen (secondary N) is 3. The van der Waals surface area contributed by atoms with E-state index >= 15 is 0 Å². The average Bonchev–Trinajstić information content (AvgIpc) is 2.85. The standard InChI is InChI=1S/C12H14FN3O3.C12H25NO3.C2H6/c1-2-8(13)5-3-4-6-14-11(18)9-10(17)12(19)16-7-15-9;1-5-10(9-14)7-6-8-13-11(15)16-12(2,3)4;1-2/h2-3,5,7,17H,4,6H2,1H3,(H,14,18)(H,15,16,19);10,14H,5-9H2,1-4H3,(H,13,15);1-2H3/b5-3-,8-2+;;. The van der Waals surface area contributed by atoms with Gasteiger partial charge in [-0.25, -0.2) is 14.2 Å². The van der Waals surface area contributed by atoms with Gasteiger partial charge in [-0.1, -0.05) is 39.3 Å². The van der Waals surface area contributed by atoms with Gasteiger partial charge in [0.1, 0.15) is 11.4 Å². The van der Waals surface area contributed by atoms with Crippen molar-refractivity contribution < 1.29 is 28.9 Å². The summed E-state index contributed by atoms with van der Waals surface area (Å²) in [5.41, 5.74) is -1.57. The number of aliphatic hydroxyl groups excluding tert-OH is 1. The Morgan fingerprint density at radius 2 is 1.89 bits per heavy atom. The number of H-pyrrole nitrogens is 1. The fourth-order valence-corrected chi connectivity index (χ4v) is 2.52. The van der Waals surface area contributed by atoms with Gasteiger partial charge in [0.05, 0.1) is 6.33 Å². The van der Waals surface area contributed by atoms with Crippen LogP contribution in [0.1, 0.15) is 84.6 Å². The fourth-order valence-electron chi connectivity index (χ4n) is 2.52. The largest absolute Gasteiger partial charge is 0.501 e. The van der Waals surface area contributed by atoms with Crippen LogP contribution < -0.4 is 16.2 Å². The van der Waals surface area contributed by atoms with Crippen LogP contribution in [0.15, 0.2) is 35.2 Å². The number of halogens is 1. The van der Waals surface area contributed by atoms with E-state index in [-0.39, 0.29) is 30.8 Å². The number of rotatable bonds is 11. The summed E-state index contributed by atoms with van der Waals surface area (Å²) in [5, 5.41) is 23.5. The molecule has 0 saturated carbocycles. The number of carbonyl (C=O) groups excluding carboxylic acids is 2. The number of nitrogens with zero attached hydrogens (tertiary/aromatic N) is 1. The van der Waals surface area contributed by atoms with Crippen molar-refractivity contribution in [1.29, 1.82) is 0 Å².